The number of anilines is 1. The number of nitrogens with zero attached hydrogens (tertiary/aromatic N) is 1. The van der Waals surface area contributed by atoms with Gasteiger partial charge in [-0.1, -0.05) is 11.6 Å². The van der Waals surface area contributed by atoms with Gasteiger partial charge >= 0.3 is 0 Å². The van der Waals surface area contributed by atoms with Crippen molar-refractivity contribution in [1.29, 1.82) is 0 Å². The SMILES string of the molecule is C[NH+]1CCN(c2cc(Cl)ccc2Br)CC1. The molecule has 0 aromatic heterocycles. The third-order valence-electron chi connectivity index (χ3n) is 2.87. The lowest BCUT2D eigenvalue weighted by Crippen LogP contribution is -3.12. The lowest BCUT2D eigenvalue weighted by Gasteiger charge is -2.32. The first-order valence-electron chi connectivity index (χ1n) is 5.18. The maximum atomic E-state index is 6.01. The highest BCUT2D eigenvalue weighted by Gasteiger charge is 2.18. The number of piperazine rings is 1. The van der Waals surface area contributed by atoms with Gasteiger partial charge in [0.15, 0.2) is 0 Å². The summed E-state index contributed by atoms with van der Waals surface area (Å²) in [6.45, 7) is 4.59. The lowest BCUT2D eigenvalue weighted by molar-refractivity contribution is -0.880. The summed E-state index contributed by atoms with van der Waals surface area (Å²) in [4.78, 5) is 3.99. The van der Waals surface area contributed by atoms with Crippen LogP contribution in [0, 0.1) is 0 Å². The van der Waals surface area contributed by atoms with Crippen LogP contribution in [0.4, 0.5) is 5.69 Å². The van der Waals surface area contributed by atoms with Crippen molar-refractivity contribution in [3.8, 4) is 0 Å². The molecule has 0 atom stereocenters. The van der Waals surface area contributed by atoms with E-state index in [4.69, 9.17) is 11.6 Å². The molecule has 0 saturated carbocycles. The first-order chi connectivity index (χ1) is 7.16. The summed E-state index contributed by atoms with van der Waals surface area (Å²) < 4.78 is 1.13. The van der Waals surface area contributed by atoms with Crippen LogP contribution >= 0.6 is 27.5 Å². The van der Waals surface area contributed by atoms with E-state index >= 15 is 0 Å². The number of hydrogen-bond donors (Lipinski definition) is 1. The van der Waals surface area contributed by atoms with Crippen LogP contribution in [0.3, 0.4) is 0 Å². The second-order valence-electron chi connectivity index (χ2n) is 4.04. The fourth-order valence-corrected chi connectivity index (χ4v) is 2.52. The predicted octanol–water partition coefficient (Wildman–Crippen LogP) is 1.44. The second kappa shape index (κ2) is 4.73. The number of nitrogens with one attached hydrogen (secondary N) is 1. The molecule has 15 heavy (non-hydrogen) atoms. The quantitative estimate of drug-likeness (QED) is 0.822. The maximum Gasteiger partial charge on any atom is 0.0947 e. The van der Waals surface area contributed by atoms with Crippen LogP contribution in [0.5, 0.6) is 0 Å². The van der Waals surface area contributed by atoms with Gasteiger partial charge in [-0.25, -0.2) is 0 Å². The Bertz CT molecular complexity index is 348. The van der Waals surface area contributed by atoms with E-state index in [1.54, 1.807) is 4.90 Å². The molecule has 1 N–H and O–H groups in total. The zero-order valence-electron chi connectivity index (χ0n) is 8.76. The topological polar surface area (TPSA) is 7.68 Å². The van der Waals surface area contributed by atoms with Crippen LogP contribution in [0.25, 0.3) is 0 Å². The average Bonchev–Trinajstić information content (AvgIpc) is 2.23. The minimum absolute atomic E-state index is 0.805. The van der Waals surface area contributed by atoms with E-state index in [2.05, 4.69) is 27.9 Å². The molecule has 0 aliphatic carbocycles. The van der Waals surface area contributed by atoms with E-state index in [-0.39, 0.29) is 0 Å². The molecule has 1 heterocycles. The Labute approximate surface area is 104 Å². The molecule has 0 spiro atoms. The van der Waals surface area contributed by atoms with E-state index in [0.717, 1.165) is 22.6 Å². The van der Waals surface area contributed by atoms with Crippen molar-refractivity contribution in [2.75, 3.05) is 38.1 Å². The summed E-state index contributed by atoms with van der Waals surface area (Å²) in [7, 11) is 2.24. The van der Waals surface area contributed by atoms with Crippen molar-refractivity contribution < 1.29 is 4.90 Å². The smallest absolute Gasteiger partial charge is 0.0947 e. The molecule has 1 saturated heterocycles. The van der Waals surface area contributed by atoms with E-state index in [0.29, 0.717) is 0 Å². The van der Waals surface area contributed by atoms with Gasteiger partial charge in [-0.15, -0.1) is 0 Å². The second-order valence-corrected chi connectivity index (χ2v) is 5.33. The van der Waals surface area contributed by atoms with Gasteiger partial charge in [0.2, 0.25) is 0 Å². The largest absolute Gasteiger partial charge is 0.359 e. The number of quaternary nitrogens is 1. The zero-order valence-corrected chi connectivity index (χ0v) is 11.1. The van der Waals surface area contributed by atoms with Gasteiger partial charge in [-0.3, -0.25) is 0 Å². The maximum absolute atomic E-state index is 6.01. The van der Waals surface area contributed by atoms with Crippen molar-refractivity contribution in [3.63, 3.8) is 0 Å². The highest BCUT2D eigenvalue weighted by Crippen LogP contribution is 2.29. The molecule has 1 aliphatic heterocycles. The monoisotopic (exact) mass is 289 g/mol. The summed E-state index contributed by atoms with van der Waals surface area (Å²) in [6.07, 6.45) is 0. The van der Waals surface area contributed by atoms with Crippen LogP contribution in [0.15, 0.2) is 22.7 Å². The van der Waals surface area contributed by atoms with Crippen molar-refractivity contribution in [3.05, 3.63) is 27.7 Å². The summed E-state index contributed by atoms with van der Waals surface area (Å²) in [6, 6.07) is 5.96. The number of likely N-dealkylation sites (N-methyl/N-ethyl adjacent to an activating group) is 1. The molecule has 1 aromatic carbocycles. The Morgan fingerprint density at radius 3 is 2.67 bits per heavy atom. The highest BCUT2D eigenvalue weighted by atomic mass is 79.9. The molecule has 0 radical (unpaired) electrons. The molecule has 1 aliphatic rings. The van der Waals surface area contributed by atoms with Gasteiger partial charge in [0.05, 0.1) is 38.9 Å². The number of hydrogen-bond acceptors (Lipinski definition) is 1. The third kappa shape index (κ3) is 2.65. The third-order valence-corrected chi connectivity index (χ3v) is 3.77. The number of rotatable bonds is 1. The lowest BCUT2D eigenvalue weighted by atomic mass is 10.2. The first kappa shape index (κ1) is 11.2. The minimum atomic E-state index is 0.805. The minimum Gasteiger partial charge on any atom is -0.359 e. The normalized spacial score (nSPS) is 18.2. The Balaban J connectivity index is 2.18. The molecule has 2 rings (SSSR count). The van der Waals surface area contributed by atoms with Crippen molar-refractivity contribution in [2.24, 2.45) is 0 Å². The Kier molecular flexibility index (Phi) is 3.54. The Morgan fingerprint density at radius 1 is 1.33 bits per heavy atom. The van der Waals surface area contributed by atoms with Crippen molar-refractivity contribution in [1.82, 2.24) is 0 Å². The summed E-state index contributed by atoms with van der Waals surface area (Å²) >= 11 is 9.59. The van der Waals surface area contributed by atoms with Crippen LogP contribution in [0.2, 0.25) is 5.02 Å². The summed E-state index contributed by atoms with van der Waals surface area (Å²) in [5, 5.41) is 0.805. The highest BCUT2D eigenvalue weighted by molar-refractivity contribution is 9.10. The van der Waals surface area contributed by atoms with Crippen molar-refractivity contribution in [2.45, 2.75) is 0 Å². The molecule has 0 amide bonds. The molecule has 4 heteroatoms. The van der Waals surface area contributed by atoms with Gasteiger partial charge in [0.25, 0.3) is 0 Å². The van der Waals surface area contributed by atoms with E-state index < -0.39 is 0 Å². The Morgan fingerprint density at radius 2 is 2.00 bits per heavy atom. The van der Waals surface area contributed by atoms with Crippen LogP contribution in [0.1, 0.15) is 0 Å². The molecule has 0 bridgehead atoms. The van der Waals surface area contributed by atoms with Gasteiger partial charge in [-0.2, -0.15) is 0 Å². The molecule has 0 unspecified atom stereocenters. The summed E-state index contributed by atoms with van der Waals surface area (Å²) in [5.41, 5.74) is 1.22. The Hall–Kier alpha value is -0.250. The predicted molar refractivity (Wildman–Crippen MR) is 68.0 cm³/mol. The average molecular weight is 291 g/mol. The van der Waals surface area contributed by atoms with Crippen LogP contribution in [-0.4, -0.2) is 33.2 Å². The van der Waals surface area contributed by atoms with E-state index in [1.807, 2.05) is 18.2 Å². The number of benzene rings is 1. The molecule has 82 valence electrons. The van der Waals surface area contributed by atoms with Gasteiger partial charge < -0.3 is 9.80 Å². The molecular weight excluding hydrogens is 275 g/mol. The zero-order chi connectivity index (χ0) is 10.8. The fourth-order valence-electron chi connectivity index (χ4n) is 1.86. The number of halogens is 2. The van der Waals surface area contributed by atoms with Crippen molar-refractivity contribution >= 4 is 33.2 Å². The molecule has 1 fully saturated rings. The first-order valence-corrected chi connectivity index (χ1v) is 6.35. The van der Waals surface area contributed by atoms with E-state index in [1.165, 1.54) is 18.8 Å². The van der Waals surface area contributed by atoms with E-state index in [9.17, 15) is 0 Å². The summed E-state index contributed by atoms with van der Waals surface area (Å²) in [5.74, 6) is 0. The molecule has 2 nitrogen and oxygen atoms in total. The van der Waals surface area contributed by atoms with Crippen LogP contribution < -0.4 is 9.80 Å². The van der Waals surface area contributed by atoms with Gasteiger partial charge in [0, 0.05) is 9.50 Å². The van der Waals surface area contributed by atoms with Crippen LogP contribution in [-0.2, 0) is 0 Å². The molecular formula is C11H15BrClN2+. The van der Waals surface area contributed by atoms with Gasteiger partial charge in [0.1, 0.15) is 0 Å². The molecule has 1 aromatic rings. The van der Waals surface area contributed by atoms with Gasteiger partial charge in [-0.05, 0) is 34.1 Å². The standard InChI is InChI=1S/C11H14BrClN2/c1-14-4-6-15(7-5-14)11-8-9(13)2-3-10(11)12/h2-3,8H,4-7H2,1H3/p+1. The fraction of sp³-hybridized carbons (Fsp3) is 0.455.